The molecule has 0 aliphatic rings. The molecule has 0 aliphatic carbocycles. The highest BCUT2D eigenvalue weighted by Gasteiger charge is 2.11. The summed E-state index contributed by atoms with van der Waals surface area (Å²) in [7, 11) is -2.86. The van der Waals surface area contributed by atoms with Gasteiger partial charge in [0.1, 0.15) is 9.84 Å². The van der Waals surface area contributed by atoms with Crippen molar-refractivity contribution in [1.82, 2.24) is 5.43 Å². The van der Waals surface area contributed by atoms with E-state index in [1.807, 2.05) is 6.92 Å². The fraction of sp³-hybridized carbons (Fsp3) is 1.00. The van der Waals surface area contributed by atoms with Gasteiger partial charge in [0, 0.05) is 18.4 Å². The van der Waals surface area contributed by atoms with Crippen LogP contribution in [0.2, 0.25) is 0 Å². The average Bonchev–Trinajstić information content (AvgIpc) is 2.27. The topological polar surface area (TPSA) is 81.4 Å². The second-order valence-electron chi connectivity index (χ2n) is 3.82. The van der Waals surface area contributed by atoms with E-state index in [4.69, 9.17) is 10.6 Å². The fourth-order valence-electron chi connectivity index (χ4n) is 1.28. The van der Waals surface area contributed by atoms with Gasteiger partial charge in [0.25, 0.3) is 0 Å². The molecule has 0 aromatic carbocycles. The summed E-state index contributed by atoms with van der Waals surface area (Å²) in [4.78, 5) is 0. The van der Waals surface area contributed by atoms with Gasteiger partial charge in [0.05, 0.1) is 12.4 Å². The molecule has 0 amide bonds. The van der Waals surface area contributed by atoms with Gasteiger partial charge in [0.2, 0.25) is 0 Å². The summed E-state index contributed by atoms with van der Waals surface area (Å²) in [6.07, 6.45) is 2.32. The summed E-state index contributed by atoms with van der Waals surface area (Å²) in [5.74, 6) is 5.80. The molecule has 6 heteroatoms. The smallest absolute Gasteiger partial charge is 0.150 e. The third-order valence-corrected chi connectivity index (χ3v) is 4.14. The van der Waals surface area contributed by atoms with Crippen LogP contribution >= 0.6 is 0 Å². The van der Waals surface area contributed by atoms with Crippen LogP contribution in [0.3, 0.4) is 0 Å². The van der Waals surface area contributed by atoms with E-state index in [1.54, 1.807) is 6.92 Å². The van der Waals surface area contributed by atoms with E-state index in [-0.39, 0.29) is 17.5 Å². The molecule has 0 aromatic heterocycles. The number of nitrogens with one attached hydrogen (secondary N) is 1. The maximum absolute atomic E-state index is 11.2. The lowest BCUT2D eigenvalue weighted by atomic mass is 10.2. The second-order valence-corrected chi connectivity index (χ2v) is 6.29. The van der Waals surface area contributed by atoms with Gasteiger partial charge in [-0.1, -0.05) is 13.8 Å². The first-order valence-electron chi connectivity index (χ1n) is 5.80. The lowest BCUT2D eigenvalue weighted by Crippen LogP contribution is -2.39. The van der Waals surface area contributed by atoms with Crippen molar-refractivity contribution < 1.29 is 13.2 Å². The maximum Gasteiger partial charge on any atom is 0.150 e. The first-order chi connectivity index (χ1) is 7.55. The van der Waals surface area contributed by atoms with Crippen LogP contribution in [0.4, 0.5) is 0 Å². The Hall–Kier alpha value is -0.170. The minimum absolute atomic E-state index is 0.0404. The third-order valence-electron chi connectivity index (χ3n) is 2.35. The molecule has 0 fully saturated rings. The number of nitrogens with two attached hydrogens (primary N) is 1. The Morgan fingerprint density at radius 3 is 2.56 bits per heavy atom. The van der Waals surface area contributed by atoms with Crippen LogP contribution in [0.25, 0.3) is 0 Å². The van der Waals surface area contributed by atoms with Gasteiger partial charge in [-0.2, -0.15) is 0 Å². The van der Waals surface area contributed by atoms with Crippen molar-refractivity contribution in [1.29, 1.82) is 0 Å². The molecule has 1 atom stereocenters. The van der Waals surface area contributed by atoms with Crippen LogP contribution in [-0.2, 0) is 14.6 Å². The molecule has 0 spiro atoms. The Balaban J connectivity index is 3.70. The summed E-state index contributed by atoms with van der Waals surface area (Å²) in [5.41, 5.74) is 2.65. The Morgan fingerprint density at radius 2 is 2.06 bits per heavy atom. The molecule has 0 aromatic rings. The monoisotopic (exact) mass is 252 g/mol. The molecule has 16 heavy (non-hydrogen) atoms. The van der Waals surface area contributed by atoms with Gasteiger partial charge in [-0.15, -0.1) is 0 Å². The van der Waals surface area contributed by atoms with E-state index >= 15 is 0 Å². The largest absolute Gasteiger partial charge is 0.380 e. The molecular formula is C10H24N2O3S. The molecular weight excluding hydrogens is 228 g/mol. The van der Waals surface area contributed by atoms with Crippen LogP contribution in [0.15, 0.2) is 0 Å². The third kappa shape index (κ3) is 8.04. The molecule has 3 N–H and O–H groups in total. The molecule has 0 saturated heterocycles. The predicted molar refractivity (Wildman–Crippen MR) is 65.8 cm³/mol. The Labute approximate surface area is 98.6 Å². The molecule has 0 heterocycles. The van der Waals surface area contributed by atoms with Crippen molar-refractivity contribution in [2.45, 2.75) is 39.2 Å². The van der Waals surface area contributed by atoms with Crippen LogP contribution in [0, 0.1) is 0 Å². The van der Waals surface area contributed by atoms with Gasteiger partial charge in [0.15, 0.2) is 0 Å². The molecule has 0 rings (SSSR count). The van der Waals surface area contributed by atoms with Crippen LogP contribution in [0.5, 0.6) is 0 Å². The quantitative estimate of drug-likeness (QED) is 0.335. The zero-order valence-corrected chi connectivity index (χ0v) is 11.1. The molecule has 0 radical (unpaired) electrons. The summed E-state index contributed by atoms with van der Waals surface area (Å²) in [6.45, 7) is 4.96. The molecule has 1 unspecified atom stereocenters. The summed E-state index contributed by atoms with van der Waals surface area (Å²) in [6, 6.07) is 0.0404. The van der Waals surface area contributed by atoms with Gasteiger partial charge in [-0.3, -0.25) is 11.3 Å². The lowest BCUT2D eigenvalue weighted by Gasteiger charge is -2.15. The lowest BCUT2D eigenvalue weighted by molar-refractivity contribution is 0.109. The zero-order valence-electron chi connectivity index (χ0n) is 10.2. The van der Waals surface area contributed by atoms with E-state index < -0.39 is 9.84 Å². The molecule has 0 aliphatic heterocycles. The maximum atomic E-state index is 11.2. The highest BCUT2D eigenvalue weighted by molar-refractivity contribution is 7.91. The van der Waals surface area contributed by atoms with Crippen molar-refractivity contribution in [3.63, 3.8) is 0 Å². The van der Waals surface area contributed by atoms with E-state index in [2.05, 4.69) is 5.43 Å². The number of ether oxygens (including phenoxy) is 1. The number of rotatable bonds is 10. The zero-order chi connectivity index (χ0) is 12.4. The molecule has 5 nitrogen and oxygen atoms in total. The highest BCUT2D eigenvalue weighted by atomic mass is 32.2. The first kappa shape index (κ1) is 15.8. The van der Waals surface area contributed by atoms with E-state index in [0.717, 1.165) is 12.8 Å². The number of hydrogen-bond acceptors (Lipinski definition) is 5. The minimum atomic E-state index is -2.86. The first-order valence-corrected chi connectivity index (χ1v) is 7.62. The minimum Gasteiger partial charge on any atom is -0.380 e. The fourth-order valence-corrected chi connectivity index (χ4v) is 2.17. The summed E-state index contributed by atoms with van der Waals surface area (Å²) in [5, 5.41) is 0. The van der Waals surface area contributed by atoms with Crippen molar-refractivity contribution >= 4 is 9.84 Å². The molecule has 0 saturated carbocycles. The number of sulfone groups is 1. The van der Waals surface area contributed by atoms with E-state index in [1.165, 1.54) is 0 Å². The van der Waals surface area contributed by atoms with Crippen molar-refractivity contribution in [2.24, 2.45) is 5.84 Å². The normalized spacial score (nSPS) is 13.9. The average molecular weight is 252 g/mol. The molecule has 98 valence electrons. The Kier molecular flexibility index (Phi) is 8.83. The van der Waals surface area contributed by atoms with Crippen LogP contribution in [0.1, 0.15) is 33.1 Å². The SMILES string of the molecule is CCCOCC(CCCS(=O)(=O)CC)NN. The van der Waals surface area contributed by atoms with Gasteiger partial charge >= 0.3 is 0 Å². The highest BCUT2D eigenvalue weighted by Crippen LogP contribution is 2.02. The molecule has 0 bridgehead atoms. The summed E-state index contributed by atoms with van der Waals surface area (Å²) < 4.78 is 27.8. The van der Waals surface area contributed by atoms with E-state index in [0.29, 0.717) is 19.6 Å². The second kappa shape index (κ2) is 8.92. The van der Waals surface area contributed by atoms with Gasteiger partial charge < -0.3 is 4.74 Å². The van der Waals surface area contributed by atoms with Gasteiger partial charge in [-0.05, 0) is 19.3 Å². The van der Waals surface area contributed by atoms with Crippen molar-refractivity contribution in [2.75, 3.05) is 24.7 Å². The van der Waals surface area contributed by atoms with Crippen molar-refractivity contribution in [3.8, 4) is 0 Å². The predicted octanol–water partition coefficient (Wildman–Crippen LogP) is 0.460. The Morgan fingerprint density at radius 1 is 1.38 bits per heavy atom. The standard InChI is InChI=1S/C10H24N2O3S/c1-3-7-15-9-10(12-11)6-5-8-16(13,14)4-2/h10,12H,3-9,11H2,1-2H3. The van der Waals surface area contributed by atoms with Crippen molar-refractivity contribution in [3.05, 3.63) is 0 Å². The Bertz CT molecular complexity index is 255. The summed E-state index contributed by atoms with van der Waals surface area (Å²) >= 11 is 0. The van der Waals surface area contributed by atoms with Crippen LogP contribution in [-0.4, -0.2) is 39.2 Å². The van der Waals surface area contributed by atoms with Crippen LogP contribution < -0.4 is 11.3 Å². The van der Waals surface area contributed by atoms with Gasteiger partial charge in [-0.25, -0.2) is 8.42 Å². The van der Waals surface area contributed by atoms with E-state index in [9.17, 15) is 8.42 Å². The number of hydrazine groups is 1. The number of hydrogen-bond donors (Lipinski definition) is 2.